The van der Waals surface area contributed by atoms with Gasteiger partial charge >= 0.3 is 0 Å². The van der Waals surface area contributed by atoms with Crippen LogP contribution in [0.2, 0.25) is 0 Å². The third kappa shape index (κ3) is 3.69. The van der Waals surface area contributed by atoms with Crippen molar-refractivity contribution in [1.82, 2.24) is 4.90 Å². The van der Waals surface area contributed by atoms with Gasteiger partial charge in [0.05, 0.1) is 6.10 Å². The number of likely N-dealkylation sites (tertiary alicyclic amines) is 1. The number of methoxy groups -OCH3 is 1. The van der Waals surface area contributed by atoms with Crippen molar-refractivity contribution in [1.29, 1.82) is 0 Å². The van der Waals surface area contributed by atoms with Gasteiger partial charge in [-0.25, -0.2) is 0 Å². The monoisotopic (exact) mass is 254 g/mol. The first-order valence-electron chi connectivity index (χ1n) is 7.69. The molecule has 2 N–H and O–H groups in total. The van der Waals surface area contributed by atoms with Crippen LogP contribution in [-0.4, -0.2) is 43.8 Å². The van der Waals surface area contributed by atoms with Gasteiger partial charge in [0, 0.05) is 32.8 Å². The summed E-state index contributed by atoms with van der Waals surface area (Å²) < 4.78 is 5.50. The van der Waals surface area contributed by atoms with Crippen molar-refractivity contribution in [2.45, 2.75) is 57.6 Å². The minimum absolute atomic E-state index is 0.431. The third-order valence-electron chi connectivity index (χ3n) is 4.93. The lowest BCUT2D eigenvalue weighted by Crippen LogP contribution is -2.50. The molecular formula is C15H30N2O. The van der Waals surface area contributed by atoms with E-state index < -0.39 is 0 Å². The van der Waals surface area contributed by atoms with Gasteiger partial charge in [-0.3, -0.25) is 4.90 Å². The predicted octanol–water partition coefficient (Wildman–Crippen LogP) is 2.25. The van der Waals surface area contributed by atoms with E-state index in [2.05, 4.69) is 11.8 Å². The SMILES string of the molecule is COC1CCN(CC2CCCC(C)C2)C(CN)C1. The Kier molecular flexibility index (Phi) is 5.46. The molecule has 4 unspecified atom stereocenters. The lowest BCUT2D eigenvalue weighted by molar-refractivity contribution is 0.00438. The van der Waals surface area contributed by atoms with Gasteiger partial charge in [-0.2, -0.15) is 0 Å². The van der Waals surface area contributed by atoms with Gasteiger partial charge in [-0.15, -0.1) is 0 Å². The van der Waals surface area contributed by atoms with Gasteiger partial charge in [0.25, 0.3) is 0 Å². The van der Waals surface area contributed by atoms with Crippen LogP contribution >= 0.6 is 0 Å². The summed E-state index contributed by atoms with van der Waals surface area (Å²) in [6.07, 6.45) is 8.42. The first-order valence-corrected chi connectivity index (χ1v) is 7.69. The zero-order valence-corrected chi connectivity index (χ0v) is 12.1. The Balaban J connectivity index is 1.84. The number of nitrogens with zero attached hydrogens (tertiary/aromatic N) is 1. The normalized spacial score (nSPS) is 38.8. The second-order valence-electron chi connectivity index (χ2n) is 6.40. The van der Waals surface area contributed by atoms with Crippen LogP contribution in [-0.2, 0) is 4.74 Å². The van der Waals surface area contributed by atoms with Crippen molar-refractivity contribution >= 4 is 0 Å². The molecular weight excluding hydrogens is 224 g/mol. The van der Waals surface area contributed by atoms with E-state index in [9.17, 15) is 0 Å². The van der Waals surface area contributed by atoms with Crippen LogP contribution in [0, 0.1) is 11.8 Å². The fourth-order valence-electron chi connectivity index (χ4n) is 3.82. The Morgan fingerprint density at radius 2 is 2.06 bits per heavy atom. The standard InChI is InChI=1S/C15H30N2O/c1-12-4-3-5-13(8-12)11-17-7-6-15(18-2)9-14(17)10-16/h12-15H,3-11,16H2,1-2H3. The van der Waals surface area contributed by atoms with Crippen molar-refractivity contribution in [3.05, 3.63) is 0 Å². The van der Waals surface area contributed by atoms with Crippen LogP contribution in [0.4, 0.5) is 0 Å². The molecule has 2 fully saturated rings. The summed E-state index contributed by atoms with van der Waals surface area (Å²) in [4.78, 5) is 2.64. The van der Waals surface area contributed by atoms with Crippen LogP contribution in [0.3, 0.4) is 0 Å². The lowest BCUT2D eigenvalue weighted by atomic mass is 9.81. The Morgan fingerprint density at radius 1 is 1.22 bits per heavy atom. The van der Waals surface area contributed by atoms with Gasteiger partial charge in [0.2, 0.25) is 0 Å². The van der Waals surface area contributed by atoms with Gasteiger partial charge in [-0.1, -0.05) is 19.8 Å². The van der Waals surface area contributed by atoms with E-state index in [-0.39, 0.29) is 0 Å². The number of ether oxygens (including phenoxy) is 1. The molecule has 1 heterocycles. The van der Waals surface area contributed by atoms with Crippen LogP contribution in [0.1, 0.15) is 45.4 Å². The van der Waals surface area contributed by atoms with Gasteiger partial charge in [0.15, 0.2) is 0 Å². The molecule has 3 heteroatoms. The molecule has 0 aromatic heterocycles. The summed E-state index contributed by atoms with van der Waals surface area (Å²) >= 11 is 0. The fraction of sp³-hybridized carbons (Fsp3) is 1.00. The molecule has 1 aliphatic heterocycles. The summed E-state index contributed by atoms with van der Waals surface area (Å²) in [6, 6.07) is 0.543. The highest BCUT2D eigenvalue weighted by molar-refractivity contribution is 4.85. The first kappa shape index (κ1) is 14.3. The molecule has 0 spiro atoms. The summed E-state index contributed by atoms with van der Waals surface area (Å²) in [5, 5.41) is 0. The Bertz CT molecular complexity index is 247. The summed E-state index contributed by atoms with van der Waals surface area (Å²) in [6.45, 7) is 5.62. The maximum Gasteiger partial charge on any atom is 0.0599 e. The van der Waals surface area contributed by atoms with Crippen molar-refractivity contribution in [3.63, 3.8) is 0 Å². The number of nitrogens with two attached hydrogens (primary N) is 1. The van der Waals surface area contributed by atoms with Gasteiger partial charge < -0.3 is 10.5 Å². The number of hydrogen-bond donors (Lipinski definition) is 1. The topological polar surface area (TPSA) is 38.5 Å². The van der Waals surface area contributed by atoms with E-state index in [0.29, 0.717) is 12.1 Å². The smallest absolute Gasteiger partial charge is 0.0599 e. The quantitative estimate of drug-likeness (QED) is 0.836. The Hall–Kier alpha value is -0.120. The van der Waals surface area contributed by atoms with E-state index in [1.807, 2.05) is 7.11 Å². The summed E-state index contributed by atoms with van der Waals surface area (Å²) in [5.41, 5.74) is 5.95. The van der Waals surface area contributed by atoms with Crippen LogP contribution < -0.4 is 5.73 Å². The zero-order valence-electron chi connectivity index (χ0n) is 12.1. The minimum Gasteiger partial charge on any atom is -0.381 e. The second kappa shape index (κ2) is 6.88. The molecule has 1 saturated carbocycles. The molecule has 0 amide bonds. The molecule has 3 nitrogen and oxygen atoms in total. The van der Waals surface area contributed by atoms with Gasteiger partial charge in [-0.05, 0) is 37.5 Å². The maximum atomic E-state index is 5.95. The average Bonchev–Trinajstić information content (AvgIpc) is 2.39. The highest BCUT2D eigenvalue weighted by Crippen LogP contribution is 2.30. The van der Waals surface area contributed by atoms with E-state index in [1.165, 1.54) is 45.2 Å². The maximum absolute atomic E-state index is 5.95. The van der Waals surface area contributed by atoms with Crippen molar-refractivity contribution < 1.29 is 4.74 Å². The molecule has 0 bridgehead atoms. The van der Waals surface area contributed by atoms with Crippen molar-refractivity contribution in [3.8, 4) is 0 Å². The molecule has 2 rings (SSSR count). The average molecular weight is 254 g/mol. The molecule has 18 heavy (non-hydrogen) atoms. The Labute approximate surface area is 112 Å². The summed E-state index contributed by atoms with van der Waals surface area (Å²) in [7, 11) is 1.83. The molecule has 0 aromatic rings. The molecule has 0 radical (unpaired) electrons. The van der Waals surface area contributed by atoms with Crippen molar-refractivity contribution in [2.24, 2.45) is 17.6 Å². The highest BCUT2D eigenvalue weighted by Gasteiger charge is 2.30. The number of hydrogen-bond acceptors (Lipinski definition) is 3. The van der Waals surface area contributed by atoms with Crippen LogP contribution in [0.5, 0.6) is 0 Å². The van der Waals surface area contributed by atoms with E-state index in [0.717, 1.165) is 24.8 Å². The lowest BCUT2D eigenvalue weighted by Gasteiger charge is -2.41. The molecule has 106 valence electrons. The van der Waals surface area contributed by atoms with E-state index in [4.69, 9.17) is 10.5 Å². The number of rotatable bonds is 4. The molecule has 0 aromatic carbocycles. The highest BCUT2D eigenvalue weighted by atomic mass is 16.5. The predicted molar refractivity (Wildman–Crippen MR) is 75.6 cm³/mol. The van der Waals surface area contributed by atoms with Gasteiger partial charge in [0.1, 0.15) is 0 Å². The molecule has 1 saturated heterocycles. The third-order valence-corrected chi connectivity index (χ3v) is 4.93. The number of piperidine rings is 1. The zero-order chi connectivity index (χ0) is 13.0. The van der Waals surface area contributed by atoms with E-state index in [1.54, 1.807) is 0 Å². The second-order valence-corrected chi connectivity index (χ2v) is 6.40. The largest absolute Gasteiger partial charge is 0.381 e. The fourth-order valence-corrected chi connectivity index (χ4v) is 3.82. The van der Waals surface area contributed by atoms with Crippen molar-refractivity contribution in [2.75, 3.05) is 26.7 Å². The van der Waals surface area contributed by atoms with Crippen LogP contribution in [0.15, 0.2) is 0 Å². The first-order chi connectivity index (χ1) is 8.72. The Morgan fingerprint density at radius 3 is 2.72 bits per heavy atom. The minimum atomic E-state index is 0.431. The molecule has 4 atom stereocenters. The molecule has 1 aliphatic carbocycles. The van der Waals surface area contributed by atoms with E-state index >= 15 is 0 Å². The molecule has 2 aliphatic rings. The summed E-state index contributed by atoms with van der Waals surface area (Å²) in [5.74, 6) is 1.83. The van der Waals surface area contributed by atoms with Crippen LogP contribution in [0.25, 0.3) is 0 Å².